The summed E-state index contributed by atoms with van der Waals surface area (Å²) in [6, 6.07) is 2.01. The summed E-state index contributed by atoms with van der Waals surface area (Å²) >= 11 is 0. The normalized spacial score (nSPS) is 21.3. The van der Waals surface area contributed by atoms with Gasteiger partial charge in [-0.05, 0) is 58.7 Å². The summed E-state index contributed by atoms with van der Waals surface area (Å²) in [6.45, 7) is 12.3. The molecule has 0 bridgehead atoms. The Morgan fingerprint density at radius 3 is 2.21 bits per heavy atom. The molecule has 1 saturated heterocycles. The summed E-state index contributed by atoms with van der Waals surface area (Å²) in [5, 5.41) is 0. The Balaban J connectivity index is 2.18. The molecular formula is C15H22BNO2. The van der Waals surface area contributed by atoms with Gasteiger partial charge < -0.3 is 9.31 Å². The fraction of sp³-hybridized carbons (Fsp3) is 0.533. The molecule has 0 amide bonds. The Morgan fingerprint density at radius 1 is 1.11 bits per heavy atom. The maximum atomic E-state index is 5.94. The first kappa shape index (κ1) is 14.3. The van der Waals surface area contributed by atoms with Crippen molar-refractivity contribution >= 4 is 13.2 Å². The molecule has 0 spiro atoms. The van der Waals surface area contributed by atoms with Gasteiger partial charge in [-0.25, -0.2) is 0 Å². The van der Waals surface area contributed by atoms with Crippen molar-refractivity contribution in [1.82, 2.24) is 4.98 Å². The molecule has 3 nitrogen and oxygen atoms in total. The lowest BCUT2D eigenvalue weighted by molar-refractivity contribution is 0.00578. The average molecular weight is 259 g/mol. The van der Waals surface area contributed by atoms with Crippen LogP contribution in [0, 0.1) is 13.8 Å². The van der Waals surface area contributed by atoms with Gasteiger partial charge in [-0.15, -0.1) is 0 Å². The molecule has 102 valence electrons. The van der Waals surface area contributed by atoms with Crippen molar-refractivity contribution in [2.75, 3.05) is 0 Å². The first-order valence-electron chi connectivity index (χ1n) is 6.69. The SMILES string of the molecule is Cc1ccnc(C)c1/C=C/B1OC(C)(C)C(C)(C)O1. The molecule has 1 aromatic heterocycles. The second-order valence-corrected chi connectivity index (χ2v) is 6.11. The van der Waals surface area contributed by atoms with Crippen molar-refractivity contribution in [3.63, 3.8) is 0 Å². The molecular weight excluding hydrogens is 237 g/mol. The van der Waals surface area contributed by atoms with Crippen LogP contribution in [0.2, 0.25) is 0 Å². The van der Waals surface area contributed by atoms with E-state index in [1.807, 2.05) is 31.2 Å². The van der Waals surface area contributed by atoms with E-state index >= 15 is 0 Å². The Bertz CT molecular complexity index is 473. The number of aryl methyl sites for hydroxylation is 2. The highest BCUT2D eigenvalue weighted by atomic mass is 16.7. The van der Waals surface area contributed by atoms with Gasteiger partial charge in [-0.1, -0.05) is 12.1 Å². The van der Waals surface area contributed by atoms with Crippen LogP contribution in [0.5, 0.6) is 0 Å². The fourth-order valence-electron chi connectivity index (χ4n) is 2.10. The minimum Gasteiger partial charge on any atom is -0.400 e. The predicted molar refractivity (Wildman–Crippen MR) is 78.8 cm³/mol. The molecule has 0 aliphatic carbocycles. The molecule has 0 aromatic carbocycles. The maximum Gasteiger partial charge on any atom is 0.487 e. The van der Waals surface area contributed by atoms with Gasteiger partial charge >= 0.3 is 7.12 Å². The van der Waals surface area contributed by atoms with Crippen LogP contribution in [0.15, 0.2) is 18.2 Å². The van der Waals surface area contributed by atoms with Gasteiger partial charge in [0.2, 0.25) is 0 Å². The van der Waals surface area contributed by atoms with E-state index in [-0.39, 0.29) is 18.3 Å². The van der Waals surface area contributed by atoms with Crippen molar-refractivity contribution in [2.24, 2.45) is 0 Å². The third-order valence-electron chi connectivity index (χ3n) is 4.10. The average Bonchev–Trinajstić information content (AvgIpc) is 2.46. The fourth-order valence-corrected chi connectivity index (χ4v) is 2.10. The molecule has 2 heterocycles. The number of aromatic nitrogens is 1. The van der Waals surface area contributed by atoms with Gasteiger partial charge in [0, 0.05) is 11.9 Å². The second-order valence-electron chi connectivity index (χ2n) is 6.11. The number of pyridine rings is 1. The van der Waals surface area contributed by atoms with Crippen LogP contribution in [0.4, 0.5) is 0 Å². The first-order chi connectivity index (χ1) is 8.73. The van der Waals surface area contributed by atoms with Gasteiger partial charge in [0.25, 0.3) is 0 Å². The van der Waals surface area contributed by atoms with Crippen LogP contribution >= 0.6 is 0 Å². The lowest BCUT2D eigenvalue weighted by atomic mass is 9.88. The topological polar surface area (TPSA) is 31.4 Å². The Kier molecular flexibility index (Phi) is 3.58. The number of rotatable bonds is 2. The smallest absolute Gasteiger partial charge is 0.400 e. The zero-order valence-corrected chi connectivity index (χ0v) is 12.7. The highest BCUT2D eigenvalue weighted by Gasteiger charge is 2.49. The van der Waals surface area contributed by atoms with Crippen LogP contribution < -0.4 is 0 Å². The number of hydrogen-bond donors (Lipinski definition) is 0. The molecule has 1 aliphatic rings. The summed E-state index contributed by atoms with van der Waals surface area (Å²) in [7, 11) is -0.302. The third-order valence-corrected chi connectivity index (χ3v) is 4.10. The van der Waals surface area contributed by atoms with Crippen molar-refractivity contribution < 1.29 is 9.31 Å². The molecule has 2 rings (SSSR count). The van der Waals surface area contributed by atoms with Crippen molar-refractivity contribution in [2.45, 2.75) is 52.7 Å². The van der Waals surface area contributed by atoms with Crippen LogP contribution in [0.3, 0.4) is 0 Å². The molecule has 0 saturated carbocycles. The monoisotopic (exact) mass is 259 g/mol. The number of nitrogens with zero attached hydrogens (tertiary/aromatic N) is 1. The van der Waals surface area contributed by atoms with Crippen LogP contribution in [0.1, 0.15) is 44.5 Å². The minimum atomic E-state index is -0.302. The summed E-state index contributed by atoms with van der Waals surface area (Å²) in [4.78, 5) is 4.31. The highest BCUT2D eigenvalue weighted by molar-refractivity contribution is 6.52. The lowest BCUT2D eigenvalue weighted by Crippen LogP contribution is -2.41. The van der Waals surface area contributed by atoms with E-state index in [9.17, 15) is 0 Å². The van der Waals surface area contributed by atoms with E-state index in [4.69, 9.17) is 9.31 Å². The molecule has 1 aromatic rings. The zero-order valence-electron chi connectivity index (χ0n) is 12.7. The Labute approximate surface area is 116 Å². The Morgan fingerprint density at radius 2 is 1.68 bits per heavy atom. The summed E-state index contributed by atoms with van der Waals surface area (Å²) in [5.74, 6) is 1.97. The van der Waals surface area contributed by atoms with Crippen LogP contribution in [0.25, 0.3) is 6.08 Å². The van der Waals surface area contributed by atoms with E-state index in [0.29, 0.717) is 0 Å². The van der Waals surface area contributed by atoms with Crippen LogP contribution in [-0.2, 0) is 9.31 Å². The summed E-state index contributed by atoms with van der Waals surface area (Å²) in [6.07, 6.45) is 3.87. The van der Waals surface area contributed by atoms with E-state index in [1.165, 1.54) is 5.56 Å². The molecule has 4 heteroatoms. The largest absolute Gasteiger partial charge is 0.487 e. The molecule has 0 N–H and O–H groups in total. The highest BCUT2D eigenvalue weighted by Crippen LogP contribution is 2.37. The van der Waals surface area contributed by atoms with Gasteiger partial charge in [0.05, 0.1) is 11.2 Å². The molecule has 0 atom stereocenters. The van der Waals surface area contributed by atoms with Gasteiger partial charge in [-0.3, -0.25) is 4.98 Å². The van der Waals surface area contributed by atoms with Gasteiger partial charge in [0.15, 0.2) is 0 Å². The van der Waals surface area contributed by atoms with Gasteiger partial charge in [0.1, 0.15) is 0 Å². The standard InChI is InChI=1S/C15H22BNO2/c1-11-8-10-17-12(2)13(11)7-9-16-18-14(3,4)15(5,6)19-16/h7-10H,1-6H3/b9-7+. The lowest BCUT2D eigenvalue weighted by Gasteiger charge is -2.32. The molecule has 1 aliphatic heterocycles. The molecule has 0 radical (unpaired) electrons. The van der Waals surface area contributed by atoms with E-state index < -0.39 is 0 Å². The first-order valence-corrected chi connectivity index (χ1v) is 6.69. The van der Waals surface area contributed by atoms with E-state index in [0.717, 1.165) is 11.3 Å². The molecule has 0 unspecified atom stereocenters. The Hall–Kier alpha value is -1.13. The van der Waals surface area contributed by atoms with Crippen molar-refractivity contribution in [1.29, 1.82) is 0 Å². The van der Waals surface area contributed by atoms with Crippen molar-refractivity contribution in [3.8, 4) is 0 Å². The molecule has 19 heavy (non-hydrogen) atoms. The maximum absolute atomic E-state index is 5.94. The third kappa shape index (κ3) is 2.75. The quantitative estimate of drug-likeness (QED) is 0.763. The summed E-state index contributed by atoms with van der Waals surface area (Å²) < 4.78 is 11.9. The summed E-state index contributed by atoms with van der Waals surface area (Å²) in [5.41, 5.74) is 2.78. The van der Waals surface area contributed by atoms with Crippen LogP contribution in [-0.4, -0.2) is 23.3 Å². The van der Waals surface area contributed by atoms with Gasteiger partial charge in [-0.2, -0.15) is 0 Å². The predicted octanol–water partition coefficient (Wildman–Crippen LogP) is 3.34. The zero-order chi connectivity index (χ0) is 14.3. The minimum absolute atomic E-state index is 0.291. The second kappa shape index (κ2) is 4.76. The van der Waals surface area contributed by atoms with E-state index in [1.54, 1.807) is 0 Å². The number of hydrogen-bond acceptors (Lipinski definition) is 3. The van der Waals surface area contributed by atoms with Crippen molar-refractivity contribution in [3.05, 3.63) is 35.1 Å². The molecule has 1 fully saturated rings. The van der Waals surface area contributed by atoms with E-state index in [2.05, 4.69) is 39.6 Å².